The van der Waals surface area contributed by atoms with Crippen LogP contribution in [0.25, 0.3) is 0 Å². The predicted molar refractivity (Wildman–Crippen MR) is 146 cm³/mol. The lowest BCUT2D eigenvalue weighted by atomic mass is 10.0. The van der Waals surface area contributed by atoms with Crippen molar-refractivity contribution in [2.24, 2.45) is 0 Å². The second kappa shape index (κ2) is 12.0. The molecule has 3 amide bonds. The summed E-state index contributed by atoms with van der Waals surface area (Å²) < 4.78 is 6.29. The molecule has 0 saturated carbocycles. The van der Waals surface area contributed by atoms with Crippen LogP contribution in [0.15, 0.2) is 18.3 Å². The number of carbonyl (C=O) groups excluding carboxylic acids is 2. The minimum absolute atomic E-state index is 0.0308. The second-order valence-corrected chi connectivity index (χ2v) is 16.0. The third-order valence-corrected chi connectivity index (χ3v) is 11.6. The summed E-state index contributed by atoms with van der Waals surface area (Å²) in [4.78, 5) is 33.6. The van der Waals surface area contributed by atoms with Crippen LogP contribution in [-0.2, 0) is 10.8 Å². The van der Waals surface area contributed by atoms with Gasteiger partial charge in [0.2, 0.25) is 0 Å². The van der Waals surface area contributed by atoms with Gasteiger partial charge >= 0.3 is 6.03 Å². The minimum atomic E-state index is -1.84. The molecule has 11 heteroatoms. The van der Waals surface area contributed by atoms with Crippen LogP contribution in [0.4, 0.5) is 10.5 Å². The molecule has 0 aliphatic heterocycles. The summed E-state index contributed by atoms with van der Waals surface area (Å²) in [5.41, 5.74) is 2.16. The Morgan fingerprint density at radius 3 is 2.40 bits per heavy atom. The molecule has 7 nitrogen and oxygen atoms in total. The number of anilines is 1. The Morgan fingerprint density at radius 1 is 1.14 bits per heavy atom. The van der Waals surface area contributed by atoms with Gasteiger partial charge in [0.05, 0.1) is 22.0 Å². The summed E-state index contributed by atoms with van der Waals surface area (Å²) in [6.07, 6.45) is 3.20. The normalized spacial score (nSPS) is 12.1. The fraction of sp³-hybridized carbons (Fsp3) is 0.500. The van der Waals surface area contributed by atoms with Gasteiger partial charge in [-0.05, 0) is 54.6 Å². The molecule has 2 rings (SSSR count). The van der Waals surface area contributed by atoms with E-state index in [9.17, 15) is 9.59 Å². The number of aryl methyl sites for hydroxylation is 1. The first-order valence-electron chi connectivity index (χ1n) is 11.4. The number of pyridine rings is 2. The summed E-state index contributed by atoms with van der Waals surface area (Å²) in [7, 11) is -1.84. The number of hydrogen-bond acceptors (Lipinski definition) is 5. The predicted octanol–water partition coefficient (Wildman–Crippen LogP) is 7.48. The summed E-state index contributed by atoms with van der Waals surface area (Å²) in [6.45, 7) is 15.7. The number of urea groups is 1. The molecule has 0 fully saturated rings. The molecule has 0 aliphatic carbocycles. The smallest absolute Gasteiger partial charge is 0.326 e. The van der Waals surface area contributed by atoms with Crippen molar-refractivity contribution >= 4 is 60.7 Å². The largest absolute Gasteiger partial charge is 0.417 e. The summed E-state index contributed by atoms with van der Waals surface area (Å²) >= 11 is 17.7. The van der Waals surface area contributed by atoms with Crippen LogP contribution in [-0.4, -0.2) is 36.8 Å². The number of halogens is 3. The van der Waals surface area contributed by atoms with Crippen molar-refractivity contribution in [3.8, 4) is 0 Å². The number of aromatic nitrogens is 2. The highest BCUT2D eigenvalue weighted by molar-refractivity contribution is 6.74. The fourth-order valence-electron chi connectivity index (χ4n) is 3.04. The van der Waals surface area contributed by atoms with Crippen molar-refractivity contribution in [3.05, 3.63) is 50.5 Å². The molecule has 0 saturated heterocycles. The van der Waals surface area contributed by atoms with Crippen LogP contribution in [0.1, 0.15) is 68.6 Å². The van der Waals surface area contributed by atoms with Gasteiger partial charge in [0.25, 0.3) is 5.91 Å². The van der Waals surface area contributed by atoms with Crippen molar-refractivity contribution in [3.63, 3.8) is 0 Å². The lowest BCUT2D eigenvalue weighted by Crippen LogP contribution is -2.41. The standard InChI is InChI=1S/C24H33Cl3N4O3Si/c1-14(2)18-19(15(10-11-28-18)9-8-12-34-35(6,7)24(3,4)5)29-23(33)31-22(32)16-13-17(25)21(27)30-20(16)26/h10-11,13-14H,8-9,12H2,1-7H3,(H2,29,31,32,33). The van der Waals surface area contributed by atoms with Crippen LogP contribution >= 0.6 is 34.8 Å². The molecule has 0 spiro atoms. The second-order valence-electron chi connectivity index (χ2n) is 10.1. The van der Waals surface area contributed by atoms with Crippen LogP contribution in [0.2, 0.25) is 33.5 Å². The van der Waals surface area contributed by atoms with E-state index in [2.05, 4.69) is 54.5 Å². The zero-order valence-electron chi connectivity index (χ0n) is 21.2. The van der Waals surface area contributed by atoms with Gasteiger partial charge in [-0.25, -0.2) is 9.78 Å². The molecular weight excluding hydrogens is 527 g/mol. The summed E-state index contributed by atoms with van der Waals surface area (Å²) in [5.74, 6) is -0.698. The van der Waals surface area contributed by atoms with E-state index in [1.54, 1.807) is 6.20 Å². The molecule has 0 bridgehead atoms. The maximum Gasteiger partial charge on any atom is 0.326 e. The lowest BCUT2D eigenvalue weighted by molar-refractivity contribution is 0.0967. The average Bonchev–Trinajstić information content (AvgIpc) is 2.73. The van der Waals surface area contributed by atoms with Crippen LogP contribution in [0.5, 0.6) is 0 Å². The molecule has 35 heavy (non-hydrogen) atoms. The Bertz CT molecular complexity index is 1090. The van der Waals surface area contributed by atoms with Gasteiger partial charge in [-0.1, -0.05) is 69.4 Å². The van der Waals surface area contributed by atoms with Crippen molar-refractivity contribution in [2.45, 2.75) is 71.5 Å². The highest BCUT2D eigenvalue weighted by Gasteiger charge is 2.36. The lowest BCUT2D eigenvalue weighted by Gasteiger charge is -2.36. The summed E-state index contributed by atoms with van der Waals surface area (Å²) in [6, 6.07) is 2.42. The minimum Gasteiger partial charge on any atom is -0.417 e. The highest BCUT2D eigenvalue weighted by Crippen LogP contribution is 2.36. The number of carbonyl (C=O) groups is 2. The monoisotopic (exact) mass is 558 g/mol. The maximum absolute atomic E-state index is 12.7. The average molecular weight is 560 g/mol. The molecule has 2 heterocycles. The molecule has 0 unspecified atom stereocenters. The van der Waals surface area contributed by atoms with E-state index < -0.39 is 20.3 Å². The Morgan fingerprint density at radius 2 is 1.80 bits per heavy atom. The van der Waals surface area contributed by atoms with Gasteiger partial charge < -0.3 is 9.74 Å². The molecule has 0 radical (unpaired) electrons. The molecule has 192 valence electrons. The van der Waals surface area contributed by atoms with Gasteiger partial charge in [0.1, 0.15) is 10.3 Å². The Labute approximate surface area is 223 Å². The van der Waals surface area contributed by atoms with Crippen LogP contribution in [0.3, 0.4) is 0 Å². The van der Waals surface area contributed by atoms with E-state index in [1.165, 1.54) is 6.07 Å². The van der Waals surface area contributed by atoms with E-state index in [0.717, 1.165) is 17.7 Å². The zero-order chi connectivity index (χ0) is 26.6. The molecule has 0 atom stereocenters. The van der Waals surface area contributed by atoms with Gasteiger partial charge in [-0.3, -0.25) is 15.1 Å². The van der Waals surface area contributed by atoms with Crippen LogP contribution in [0, 0.1) is 0 Å². The first kappa shape index (κ1) is 29.5. The number of nitrogens with zero attached hydrogens (tertiary/aromatic N) is 2. The Hall–Kier alpha value is -1.71. The third kappa shape index (κ3) is 7.88. The van der Waals surface area contributed by atoms with Crippen molar-refractivity contribution < 1.29 is 14.0 Å². The number of rotatable bonds is 8. The Balaban J connectivity index is 2.15. The first-order valence-corrected chi connectivity index (χ1v) is 15.4. The fourth-order valence-corrected chi connectivity index (χ4v) is 4.68. The van der Waals surface area contributed by atoms with Gasteiger partial charge in [-0.2, -0.15) is 0 Å². The van der Waals surface area contributed by atoms with E-state index in [-0.39, 0.29) is 31.8 Å². The number of nitrogens with one attached hydrogen (secondary N) is 2. The molecule has 2 aromatic rings. The highest BCUT2D eigenvalue weighted by atomic mass is 35.5. The SMILES string of the molecule is CC(C)c1nccc(CCCO[Si](C)(C)C(C)(C)C)c1NC(=O)NC(=O)c1cc(Cl)c(Cl)nc1Cl. The van der Waals surface area contributed by atoms with E-state index in [4.69, 9.17) is 39.2 Å². The molecule has 0 aromatic carbocycles. The first-order chi connectivity index (χ1) is 16.1. The van der Waals surface area contributed by atoms with Gasteiger partial charge in [-0.15, -0.1) is 0 Å². The number of imide groups is 1. The number of hydrogen-bond donors (Lipinski definition) is 2. The van der Waals surface area contributed by atoms with E-state index in [1.807, 2.05) is 19.9 Å². The molecule has 2 N–H and O–H groups in total. The van der Waals surface area contributed by atoms with Crippen molar-refractivity contribution in [1.29, 1.82) is 0 Å². The van der Waals surface area contributed by atoms with Crippen molar-refractivity contribution in [1.82, 2.24) is 15.3 Å². The van der Waals surface area contributed by atoms with Crippen LogP contribution < -0.4 is 10.6 Å². The topological polar surface area (TPSA) is 93.2 Å². The quantitative estimate of drug-likeness (QED) is 0.199. The zero-order valence-corrected chi connectivity index (χ0v) is 24.5. The maximum atomic E-state index is 12.7. The Kier molecular flexibility index (Phi) is 10.1. The number of amides is 3. The third-order valence-electron chi connectivity index (χ3n) is 6.07. The molecule has 2 aromatic heterocycles. The van der Waals surface area contributed by atoms with E-state index >= 15 is 0 Å². The molecule has 0 aliphatic rings. The van der Waals surface area contributed by atoms with Gasteiger partial charge in [0, 0.05) is 12.8 Å². The van der Waals surface area contributed by atoms with E-state index in [0.29, 0.717) is 18.7 Å². The summed E-state index contributed by atoms with van der Waals surface area (Å²) in [5, 5.41) is 5.07. The van der Waals surface area contributed by atoms with Crippen molar-refractivity contribution in [2.75, 3.05) is 11.9 Å². The van der Waals surface area contributed by atoms with Gasteiger partial charge in [0.15, 0.2) is 8.32 Å². The molecular formula is C24H33Cl3N4O3Si.